The molecule has 106 valence electrons. The van der Waals surface area contributed by atoms with Crippen molar-refractivity contribution < 1.29 is 14.6 Å². The van der Waals surface area contributed by atoms with Crippen LogP contribution in [0.5, 0.6) is 5.75 Å². The van der Waals surface area contributed by atoms with Crippen LogP contribution in [-0.2, 0) is 0 Å². The van der Waals surface area contributed by atoms with Crippen LogP contribution in [0, 0.1) is 0 Å². The molecule has 4 heteroatoms. The number of amides is 1. The molecule has 19 heavy (non-hydrogen) atoms. The largest absolute Gasteiger partial charge is 0.494 e. The molecule has 4 nitrogen and oxygen atoms in total. The van der Waals surface area contributed by atoms with Crippen molar-refractivity contribution in [2.24, 2.45) is 0 Å². The van der Waals surface area contributed by atoms with E-state index in [1.54, 1.807) is 18.2 Å². The Morgan fingerprint density at radius 1 is 1.37 bits per heavy atom. The van der Waals surface area contributed by atoms with Crippen molar-refractivity contribution in [3.8, 4) is 5.75 Å². The summed E-state index contributed by atoms with van der Waals surface area (Å²) in [6, 6.07) is 7.08. The highest BCUT2D eigenvalue weighted by atomic mass is 16.5. The fourth-order valence-corrected chi connectivity index (χ4v) is 1.69. The van der Waals surface area contributed by atoms with E-state index in [1.807, 2.05) is 19.9 Å². The van der Waals surface area contributed by atoms with E-state index in [9.17, 15) is 9.90 Å². The molecule has 1 aromatic carbocycles. The van der Waals surface area contributed by atoms with Gasteiger partial charge in [0, 0.05) is 12.1 Å². The van der Waals surface area contributed by atoms with Crippen LogP contribution in [-0.4, -0.2) is 30.3 Å². The van der Waals surface area contributed by atoms with Crippen molar-refractivity contribution >= 4 is 5.91 Å². The third-order valence-electron chi connectivity index (χ3n) is 2.69. The van der Waals surface area contributed by atoms with Gasteiger partial charge in [0.05, 0.1) is 12.7 Å². The summed E-state index contributed by atoms with van der Waals surface area (Å²) in [6.07, 6.45) is 2.05. The highest BCUT2D eigenvalue weighted by Gasteiger charge is 2.09. The van der Waals surface area contributed by atoms with Gasteiger partial charge >= 0.3 is 0 Å². The molecule has 2 N–H and O–H groups in total. The summed E-state index contributed by atoms with van der Waals surface area (Å²) in [5.41, 5.74) is 0.553. The number of rotatable bonds is 8. The summed E-state index contributed by atoms with van der Waals surface area (Å²) in [6.45, 7) is 4.96. The van der Waals surface area contributed by atoms with Crippen molar-refractivity contribution in [2.75, 3.05) is 13.2 Å². The number of aliphatic hydroxyl groups excluding tert-OH is 1. The van der Waals surface area contributed by atoms with Gasteiger partial charge in [0.2, 0.25) is 0 Å². The number of carbonyl (C=O) groups excluding carboxylic acids is 1. The summed E-state index contributed by atoms with van der Waals surface area (Å²) in [5.74, 6) is 0.515. The lowest BCUT2D eigenvalue weighted by molar-refractivity contribution is 0.0909. The first-order valence-corrected chi connectivity index (χ1v) is 6.86. The van der Waals surface area contributed by atoms with Gasteiger partial charge in [-0.2, -0.15) is 0 Å². The van der Waals surface area contributed by atoms with Gasteiger partial charge in [-0.05, 0) is 31.0 Å². The Morgan fingerprint density at radius 2 is 2.16 bits per heavy atom. The molecule has 0 aliphatic rings. The van der Waals surface area contributed by atoms with E-state index in [-0.39, 0.29) is 12.5 Å². The maximum absolute atomic E-state index is 11.9. The van der Waals surface area contributed by atoms with Crippen LogP contribution in [0.2, 0.25) is 0 Å². The van der Waals surface area contributed by atoms with Crippen LogP contribution in [0.1, 0.15) is 43.5 Å². The molecule has 0 saturated carbocycles. The number of aliphatic hydroxyl groups is 1. The van der Waals surface area contributed by atoms with Gasteiger partial charge in [-0.15, -0.1) is 0 Å². The van der Waals surface area contributed by atoms with Gasteiger partial charge < -0.3 is 15.2 Å². The van der Waals surface area contributed by atoms with Crippen LogP contribution in [0.4, 0.5) is 0 Å². The summed E-state index contributed by atoms with van der Waals surface area (Å²) in [7, 11) is 0. The Morgan fingerprint density at radius 3 is 2.84 bits per heavy atom. The molecule has 0 spiro atoms. The highest BCUT2D eigenvalue weighted by Crippen LogP contribution is 2.13. The summed E-state index contributed by atoms with van der Waals surface area (Å²) in [4.78, 5) is 11.9. The number of nitrogens with one attached hydrogen (secondary N) is 1. The second kappa shape index (κ2) is 8.53. The zero-order chi connectivity index (χ0) is 14.1. The molecule has 0 aliphatic carbocycles. The zero-order valence-electron chi connectivity index (χ0n) is 11.7. The second-order valence-corrected chi connectivity index (χ2v) is 4.53. The zero-order valence-corrected chi connectivity index (χ0v) is 11.7. The normalized spacial score (nSPS) is 11.9. The minimum absolute atomic E-state index is 0.183. The topological polar surface area (TPSA) is 58.6 Å². The van der Waals surface area contributed by atoms with E-state index in [2.05, 4.69) is 5.32 Å². The Kier molecular flexibility index (Phi) is 6.97. The Labute approximate surface area is 114 Å². The molecular formula is C15H23NO3. The van der Waals surface area contributed by atoms with Crippen molar-refractivity contribution in [3.05, 3.63) is 29.8 Å². The minimum Gasteiger partial charge on any atom is -0.494 e. The Bertz CT molecular complexity index is 393. The lowest BCUT2D eigenvalue weighted by Gasteiger charge is -2.11. The fraction of sp³-hybridized carbons (Fsp3) is 0.533. The Balaban J connectivity index is 2.51. The highest BCUT2D eigenvalue weighted by molar-refractivity contribution is 5.94. The van der Waals surface area contributed by atoms with Crippen molar-refractivity contribution in [1.29, 1.82) is 0 Å². The standard InChI is InChI=1S/C15H23NO3/c1-3-6-13(17)11-16-15(18)12-7-5-8-14(10-12)19-9-4-2/h5,7-8,10,13,17H,3-4,6,9,11H2,1-2H3,(H,16,18). The summed E-state index contributed by atoms with van der Waals surface area (Å²) < 4.78 is 5.48. The average Bonchev–Trinajstić information content (AvgIpc) is 2.43. The van der Waals surface area contributed by atoms with Crippen molar-refractivity contribution in [2.45, 2.75) is 39.2 Å². The predicted octanol–water partition coefficient (Wildman–Crippen LogP) is 2.37. The van der Waals surface area contributed by atoms with E-state index in [1.165, 1.54) is 0 Å². The second-order valence-electron chi connectivity index (χ2n) is 4.53. The van der Waals surface area contributed by atoms with Crippen LogP contribution in [0.25, 0.3) is 0 Å². The molecular weight excluding hydrogens is 242 g/mol. The molecule has 0 fully saturated rings. The van der Waals surface area contributed by atoms with E-state index in [4.69, 9.17) is 4.74 Å². The number of hydrogen-bond donors (Lipinski definition) is 2. The smallest absolute Gasteiger partial charge is 0.251 e. The van der Waals surface area contributed by atoms with Crippen LogP contribution >= 0.6 is 0 Å². The molecule has 0 aromatic heterocycles. The predicted molar refractivity (Wildman–Crippen MR) is 75.5 cm³/mol. The van der Waals surface area contributed by atoms with Gasteiger partial charge in [-0.1, -0.05) is 26.3 Å². The SMILES string of the molecule is CCCOc1cccc(C(=O)NCC(O)CCC)c1. The first-order valence-electron chi connectivity index (χ1n) is 6.86. The Hall–Kier alpha value is -1.55. The maximum Gasteiger partial charge on any atom is 0.251 e. The minimum atomic E-state index is -0.478. The number of carbonyl (C=O) groups is 1. The fourth-order valence-electron chi connectivity index (χ4n) is 1.69. The van der Waals surface area contributed by atoms with Gasteiger partial charge in [-0.25, -0.2) is 0 Å². The summed E-state index contributed by atoms with van der Waals surface area (Å²) >= 11 is 0. The van der Waals surface area contributed by atoms with Crippen molar-refractivity contribution in [1.82, 2.24) is 5.32 Å². The molecule has 0 radical (unpaired) electrons. The van der Waals surface area contributed by atoms with Gasteiger partial charge in [0.15, 0.2) is 0 Å². The number of benzene rings is 1. The van der Waals surface area contributed by atoms with Crippen LogP contribution in [0.15, 0.2) is 24.3 Å². The quantitative estimate of drug-likeness (QED) is 0.758. The van der Waals surface area contributed by atoms with Crippen molar-refractivity contribution in [3.63, 3.8) is 0 Å². The van der Waals surface area contributed by atoms with E-state index >= 15 is 0 Å². The summed E-state index contributed by atoms with van der Waals surface area (Å²) in [5, 5.41) is 12.3. The molecule has 0 bridgehead atoms. The molecule has 1 aromatic rings. The molecule has 0 aliphatic heterocycles. The number of hydrogen-bond acceptors (Lipinski definition) is 3. The molecule has 0 heterocycles. The van der Waals surface area contributed by atoms with Crippen LogP contribution < -0.4 is 10.1 Å². The van der Waals surface area contributed by atoms with E-state index in [0.717, 1.165) is 12.8 Å². The monoisotopic (exact) mass is 265 g/mol. The van der Waals surface area contributed by atoms with E-state index < -0.39 is 6.10 Å². The first-order chi connectivity index (χ1) is 9.17. The first kappa shape index (κ1) is 15.5. The third kappa shape index (κ3) is 5.75. The molecule has 1 atom stereocenters. The van der Waals surface area contributed by atoms with Crippen LogP contribution in [0.3, 0.4) is 0 Å². The van der Waals surface area contributed by atoms with E-state index in [0.29, 0.717) is 24.3 Å². The lowest BCUT2D eigenvalue weighted by atomic mass is 10.2. The van der Waals surface area contributed by atoms with Gasteiger partial charge in [0.25, 0.3) is 5.91 Å². The van der Waals surface area contributed by atoms with Gasteiger partial charge in [-0.3, -0.25) is 4.79 Å². The molecule has 1 rings (SSSR count). The lowest BCUT2D eigenvalue weighted by Crippen LogP contribution is -2.31. The number of ether oxygens (including phenoxy) is 1. The average molecular weight is 265 g/mol. The molecule has 1 unspecified atom stereocenters. The molecule has 1 amide bonds. The molecule has 0 saturated heterocycles. The maximum atomic E-state index is 11.9. The third-order valence-corrected chi connectivity index (χ3v) is 2.69. The van der Waals surface area contributed by atoms with Gasteiger partial charge in [0.1, 0.15) is 5.75 Å².